The maximum absolute atomic E-state index is 12.1. The molecule has 0 aromatic carbocycles. The van der Waals surface area contributed by atoms with Crippen LogP contribution < -0.4 is 11.2 Å². The Morgan fingerprint density at radius 1 is 1.15 bits per heavy atom. The Morgan fingerprint density at radius 3 is 2.42 bits per heavy atom. The highest BCUT2D eigenvalue weighted by molar-refractivity contribution is 9.10. The van der Waals surface area contributed by atoms with Crippen molar-refractivity contribution in [2.45, 2.75) is 44.5 Å². The lowest BCUT2D eigenvalue weighted by Gasteiger charge is -2.23. The van der Waals surface area contributed by atoms with Gasteiger partial charge in [0.2, 0.25) is 6.10 Å². The van der Waals surface area contributed by atoms with Crippen molar-refractivity contribution in [1.29, 1.82) is 0 Å². The molecule has 0 amide bonds. The van der Waals surface area contributed by atoms with E-state index in [0.29, 0.717) is 0 Å². The molecule has 1 aromatic heterocycles. The van der Waals surface area contributed by atoms with Crippen molar-refractivity contribution < 1.29 is 33.3 Å². The molecule has 3 rings (SSSR count). The Morgan fingerprint density at radius 2 is 1.81 bits per heavy atom. The summed E-state index contributed by atoms with van der Waals surface area (Å²) in [6.45, 7) is 2.25. The summed E-state index contributed by atoms with van der Waals surface area (Å²) in [7, 11) is 0. The summed E-state index contributed by atoms with van der Waals surface area (Å²) in [5, 5.41) is 0. The first kappa shape index (κ1) is 18.3. The number of esters is 3. The molecule has 3 heterocycles. The van der Waals surface area contributed by atoms with Gasteiger partial charge in [-0.3, -0.25) is 23.9 Å². The monoisotopic (exact) mass is 432 g/mol. The Kier molecular flexibility index (Phi) is 4.71. The standard InChI is InChI=1S/C14H13BrN2O9/c1-4(18)23-9-7-8(10(13(21)26-7)24-5(2)19)25-12(9)17-3-6(15)11(20)16-14(17)22/h3,7-10,12H,1-2H3,(H,16,20,22)/t7-,8+,9+,10+,12-/m1/s1. The van der Waals surface area contributed by atoms with Crippen LogP contribution in [0.2, 0.25) is 0 Å². The molecule has 2 aliphatic rings. The normalized spacial score (nSPS) is 29.8. The molecule has 26 heavy (non-hydrogen) atoms. The molecule has 2 fully saturated rings. The summed E-state index contributed by atoms with van der Waals surface area (Å²) in [5.41, 5.74) is -1.48. The fourth-order valence-electron chi connectivity index (χ4n) is 2.86. The summed E-state index contributed by atoms with van der Waals surface area (Å²) < 4.78 is 21.9. The summed E-state index contributed by atoms with van der Waals surface area (Å²) in [6, 6.07) is 0. The predicted octanol–water partition coefficient (Wildman–Crippen LogP) is -1.01. The van der Waals surface area contributed by atoms with Crippen LogP contribution in [0.25, 0.3) is 0 Å². The number of nitrogens with one attached hydrogen (secondary N) is 1. The van der Waals surface area contributed by atoms with Gasteiger partial charge in [-0.1, -0.05) is 0 Å². The topological polar surface area (TPSA) is 143 Å². The number of H-pyrrole nitrogens is 1. The minimum Gasteiger partial charge on any atom is -0.454 e. The van der Waals surface area contributed by atoms with Gasteiger partial charge >= 0.3 is 23.6 Å². The van der Waals surface area contributed by atoms with Gasteiger partial charge in [-0.15, -0.1) is 0 Å². The van der Waals surface area contributed by atoms with Crippen molar-refractivity contribution >= 4 is 33.8 Å². The number of carbonyl (C=O) groups excluding carboxylic acids is 3. The number of hydrogen-bond donors (Lipinski definition) is 1. The second kappa shape index (κ2) is 6.68. The van der Waals surface area contributed by atoms with Crippen molar-refractivity contribution in [2.75, 3.05) is 0 Å². The number of aromatic nitrogens is 2. The molecule has 5 atom stereocenters. The highest BCUT2D eigenvalue weighted by Gasteiger charge is 2.61. The third-order valence-corrected chi connectivity index (χ3v) is 4.37. The molecule has 1 aromatic rings. The highest BCUT2D eigenvalue weighted by atomic mass is 79.9. The first-order valence-corrected chi connectivity index (χ1v) is 8.19. The van der Waals surface area contributed by atoms with E-state index in [9.17, 15) is 24.0 Å². The van der Waals surface area contributed by atoms with Crippen molar-refractivity contribution in [2.24, 2.45) is 0 Å². The molecule has 2 saturated heterocycles. The first-order valence-electron chi connectivity index (χ1n) is 7.40. The Labute approximate surface area is 153 Å². The van der Waals surface area contributed by atoms with E-state index in [4.69, 9.17) is 18.9 Å². The number of ether oxygens (including phenoxy) is 4. The molecule has 140 valence electrons. The van der Waals surface area contributed by atoms with Crippen LogP contribution in [0.4, 0.5) is 0 Å². The number of hydrogen-bond acceptors (Lipinski definition) is 9. The van der Waals surface area contributed by atoms with Crippen LogP contribution in [0.5, 0.6) is 0 Å². The fourth-order valence-corrected chi connectivity index (χ4v) is 3.18. The van der Waals surface area contributed by atoms with Gasteiger partial charge in [0, 0.05) is 20.0 Å². The molecule has 12 heteroatoms. The van der Waals surface area contributed by atoms with E-state index in [1.807, 2.05) is 0 Å². The molecule has 0 bridgehead atoms. The quantitative estimate of drug-likeness (QED) is 0.468. The van der Waals surface area contributed by atoms with Crippen molar-refractivity contribution in [1.82, 2.24) is 9.55 Å². The molecule has 0 unspecified atom stereocenters. The average molecular weight is 433 g/mol. The summed E-state index contributed by atoms with van der Waals surface area (Å²) >= 11 is 2.99. The zero-order chi connectivity index (χ0) is 19.2. The van der Waals surface area contributed by atoms with Crippen LogP contribution >= 0.6 is 15.9 Å². The molecule has 1 N–H and O–H groups in total. The van der Waals surface area contributed by atoms with Gasteiger partial charge in [-0.05, 0) is 15.9 Å². The lowest BCUT2D eigenvalue weighted by molar-refractivity contribution is -0.174. The zero-order valence-corrected chi connectivity index (χ0v) is 15.0. The lowest BCUT2D eigenvalue weighted by atomic mass is 10.1. The SMILES string of the molecule is CC(=O)O[C@H]1[C@@H]2OC(=O)[C@@H](OC(C)=O)[C@H]2O[C@H]1n1cc(Br)c(=O)[nH]c1=O. The third kappa shape index (κ3) is 3.17. The second-order valence-corrected chi connectivity index (χ2v) is 6.49. The molecular weight excluding hydrogens is 420 g/mol. The maximum Gasteiger partial charge on any atom is 0.350 e. The smallest absolute Gasteiger partial charge is 0.350 e. The fraction of sp³-hybridized carbons (Fsp3) is 0.500. The lowest BCUT2D eigenvalue weighted by Crippen LogP contribution is -2.40. The molecule has 11 nitrogen and oxygen atoms in total. The van der Waals surface area contributed by atoms with Crippen molar-refractivity contribution in [3.8, 4) is 0 Å². The number of aromatic amines is 1. The zero-order valence-electron chi connectivity index (χ0n) is 13.5. The third-order valence-electron chi connectivity index (χ3n) is 3.80. The molecule has 0 spiro atoms. The minimum absolute atomic E-state index is 0.0351. The molecular formula is C14H13BrN2O9. The van der Waals surface area contributed by atoms with Gasteiger partial charge in [0.25, 0.3) is 5.56 Å². The van der Waals surface area contributed by atoms with Crippen LogP contribution in [-0.4, -0.2) is 51.9 Å². The number of fused-ring (bicyclic) bond motifs is 1. The van der Waals surface area contributed by atoms with E-state index >= 15 is 0 Å². The van der Waals surface area contributed by atoms with Crippen LogP contribution in [0, 0.1) is 0 Å². The molecule has 0 aliphatic carbocycles. The van der Waals surface area contributed by atoms with E-state index < -0.39 is 59.8 Å². The minimum atomic E-state index is -1.36. The largest absolute Gasteiger partial charge is 0.454 e. The average Bonchev–Trinajstić information content (AvgIpc) is 3.00. The molecule has 0 radical (unpaired) electrons. The van der Waals surface area contributed by atoms with E-state index in [-0.39, 0.29) is 4.47 Å². The Bertz CT molecular complexity index is 891. The van der Waals surface area contributed by atoms with Gasteiger partial charge in [0.05, 0.1) is 4.47 Å². The first-order chi connectivity index (χ1) is 12.2. The summed E-state index contributed by atoms with van der Waals surface area (Å²) in [6.07, 6.45) is -4.76. The van der Waals surface area contributed by atoms with Gasteiger partial charge in [-0.2, -0.15) is 0 Å². The van der Waals surface area contributed by atoms with Gasteiger partial charge in [0.1, 0.15) is 6.10 Å². The number of carbonyl (C=O) groups is 3. The molecule has 2 aliphatic heterocycles. The predicted molar refractivity (Wildman–Crippen MR) is 83.9 cm³/mol. The van der Waals surface area contributed by atoms with Gasteiger partial charge < -0.3 is 18.9 Å². The number of rotatable bonds is 3. The van der Waals surface area contributed by atoms with Crippen molar-refractivity contribution in [3.05, 3.63) is 31.5 Å². The summed E-state index contributed by atoms with van der Waals surface area (Å²) in [4.78, 5) is 60.3. The Hall–Kier alpha value is -2.47. The van der Waals surface area contributed by atoms with E-state index in [0.717, 1.165) is 24.6 Å². The number of nitrogens with zero attached hydrogens (tertiary/aromatic N) is 1. The van der Waals surface area contributed by atoms with Gasteiger partial charge in [-0.25, -0.2) is 9.59 Å². The van der Waals surface area contributed by atoms with Crippen LogP contribution in [0.15, 0.2) is 20.3 Å². The van der Waals surface area contributed by atoms with E-state index in [2.05, 4.69) is 20.9 Å². The van der Waals surface area contributed by atoms with Gasteiger partial charge in [0.15, 0.2) is 18.4 Å². The van der Waals surface area contributed by atoms with E-state index in [1.54, 1.807) is 0 Å². The Balaban J connectivity index is 2.01. The van der Waals surface area contributed by atoms with Crippen LogP contribution in [-0.2, 0) is 33.3 Å². The van der Waals surface area contributed by atoms with Crippen LogP contribution in [0.3, 0.4) is 0 Å². The second-order valence-electron chi connectivity index (χ2n) is 5.64. The highest BCUT2D eigenvalue weighted by Crippen LogP contribution is 2.39. The number of halogens is 1. The van der Waals surface area contributed by atoms with Crippen LogP contribution in [0.1, 0.15) is 20.1 Å². The van der Waals surface area contributed by atoms with Crippen molar-refractivity contribution in [3.63, 3.8) is 0 Å². The molecule has 0 saturated carbocycles. The maximum atomic E-state index is 12.1. The summed E-state index contributed by atoms with van der Waals surface area (Å²) in [5.74, 6) is -2.28. The van der Waals surface area contributed by atoms with E-state index in [1.165, 1.54) is 0 Å².